The average Bonchev–Trinajstić information content (AvgIpc) is 2.95. The quantitative estimate of drug-likeness (QED) is 0.231. The van der Waals surface area contributed by atoms with Crippen molar-refractivity contribution in [1.29, 1.82) is 0 Å². The molecule has 1 aliphatic heterocycles. The number of carbonyl (C=O) groups is 1. The summed E-state index contributed by atoms with van der Waals surface area (Å²) in [6.07, 6.45) is 4.05. The third-order valence-electron chi connectivity index (χ3n) is 15.1. The summed E-state index contributed by atoms with van der Waals surface area (Å²) in [5.41, 5.74) is 0.719. The van der Waals surface area contributed by atoms with Crippen LogP contribution >= 0.6 is 0 Å². The number of fused-ring (bicyclic) bond motifs is 7. The molecule has 5 N–H and O–H groups in total. The fourth-order valence-corrected chi connectivity index (χ4v) is 12.0. The Balaban J connectivity index is 1.35. The molecule has 1 saturated heterocycles. The highest BCUT2D eigenvalue weighted by Gasteiger charge is 2.69. The van der Waals surface area contributed by atoms with Crippen LogP contribution in [0.2, 0.25) is 0 Å². The molecule has 13 unspecified atom stereocenters. The first-order chi connectivity index (χ1) is 20.4. The molecule has 6 rings (SSSR count). The zero-order valence-electron chi connectivity index (χ0n) is 28.0. The second-order valence-corrected chi connectivity index (χ2v) is 17.8. The van der Waals surface area contributed by atoms with Crippen LogP contribution < -0.4 is 0 Å². The third kappa shape index (κ3) is 4.40. The predicted molar refractivity (Wildman–Crippen MR) is 165 cm³/mol. The van der Waals surface area contributed by atoms with Crippen molar-refractivity contribution in [1.82, 2.24) is 0 Å². The van der Waals surface area contributed by atoms with Gasteiger partial charge in [0.2, 0.25) is 6.29 Å². The molecule has 0 amide bonds. The lowest BCUT2D eigenvalue weighted by atomic mass is 9.33. The molecule has 0 aromatic rings. The maximum absolute atomic E-state index is 14.4. The molecule has 0 aromatic heterocycles. The van der Waals surface area contributed by atoms with E-state index in [4.69, 9.17) is 9.47 Å². The van der Waals surface area contributed by atoms with Gasteiger partial charge in [-0.05, 0) is 109 Å². The number of esters is 1. The predicted octanol–water partition coefficient (Wildman–Crippen LogP) is 4.49. The van der Waals surface area contributed by atoms with Crippen LogP contribution in [0.15, 0.2) is 11.6 Å². The fourth-order valence-electron chi connectivity index (χ4n) is 12.0. The van der Waals surface area contributed by atoms with Crippen molar-refractivity contribution >= 4 is 5.97 Å². The van der Waals surface area contributed by atoms with E-state index >= 15 is 0 Å². The largest absolute Gasteiger partial charge is 0.432 e. The Labute approximate surface area is 263 Å². The number of allylic oxidation sites excluding steroid dienone is 2. The van der Waals surface area contributed by atoms with Crippen LogP contribution in [0.4, 0.5) is 0 Å². The van der Waals surface area contributed by atoms with Crippen molar-refractivity contribution in [3.63, 3.8) is 0 Å². The van der Waals surface area contributed by atoms with E-state index in [9.17, 15) is 30.3 Å². The van der Waals surface area contributed by atoms with Gasteiger partial charge >= 0.3 is 5.97 Å². The average molecular weight is 619 g/mol. The summed E-state index contributed by atoms with van der Waals surface area (Å²) in [7, 11) is 0. The summed E-state index contributed by atoms with van der Waals surface area (Å²) in [6, 6.07) is 0. The fraction of sp³-hybridized carbons (Fsp3) is 0.917. The molecule has 1 heterocycles. The molecule has 0 spiro atoms. The van der Waals surface area contributed by atoms with E-state index in [1.165, 1.54) is 5.57 Å². The zero-order chi connectivity index (χ0) is 32.3. The highest BCUT2D eigenvalue weighted by Crippen LogP contribution is 2.75. The van der Waals surface area contributed by atoms with Crippen LogP contribution in [0.5, 0.6) is 0 Å². The summed E-state index contributed by atoms with van der Waals surface area (Å²) in [6.45, 7) is 16.1. The van der Waals surface area contributed by atoms with Crippen LogP contribution in [-0.2, 0) is 14.3 Å². The van der Waals surface area contributed by atoms with E-state index in [0.717, 1.165) is 51.4 Å². The zero-order valence-corrected chi connectivity index (χ0v) is 28.0. The second-order valence-electron chi connectivity index (χ2n) is 17.8. The molecule has 250 valence electrons. The van der Waals surface area contributed by atoms with Gasteiger partial charge in [0.25, 0.3) is 0 Å². The van der Waals surface area contributed by atoms with E-state index in [-0.39, 0.29) is 39.1 Å². The lowest BCUT2D eigenvalue weighted by molar-refractivity contribution is -0.297. The van der Waals surface area contributed by atoms with Crippen LogP contribution in [0, 0.1) is 50.2 Å². The van der Waals surface area contributed by atoms with Crippen LogP contribution in [0.25, 0.3) is 0 Å². The van der Waals surface area contributed by atoms with Gasteiger partial charge in [0.05, 0.1) is 18.1 Å². The minimum atomic E-state index is -1.61. The van der Waals surface area contributed by atoms with Crippen molar-refractivity contribution < 1.29 is 39.8 Å². The molecule has 8 nitrogen and oxygen atoms in total. The van der Waals surface area contributed by atoms with Gasteiger partial charge in [0, 0.05) is 0 Å². The molecular formula is C36H58O8. The number of aliphatic hydroxyl groups is 5. The molecule has 0 bridgehead atoms. The molecule has 13 atom stereocenters. The van der Waals surface area contributed by atoms with Crippen LogP contribution in [-0.4, -0.2) is 74.9 Å². The minimum Gasteiger partial charge on any atom is -0.432 e. The standard InChI is InChI=1S/C36H58O8/c1-31(2)14-16-36(30(42)44-29-28(41)27(40)26(39)22(19-37)43-29)17-15-34(6)20(21(36)18-31)8-9-24-33(5)12-11-25(38)32(3,4)23(33)10-13-35(24,34)7/h8,21-29,37-41H,9-19H2,1-7H3. The van der Waals surface area contributed by atoms with Crippen molar-refractivity contribution in [3.8, 4) is 0 Å². The maximum atomic E-state index is 14.4. The number of rotatable bonds is 3. The topological polar surface area (TPSA) is 137 Å². The highest BCUT2D eigenvalue weighted by atomic mass is 16.7. The summed E-state index contributed by atoms with van der Waals surface area (Å²) in [5, 5.41) is 52.0. The summed E-state index contributed by atoms with van der Waals surface area (Å²) in [4.78, 5) is 14.4. The Morgan fingerprint density at radius 1 is 0.864 bits per heavy atom. The molecular weight excluding hydrogens is 560 g/mol. The Morgan fingerprint density at radius 3 is 2.23 bits per heavy atom. The summed E-state index contributed by atoms with van der Waals surface area (Å²) < 4.78 is 11.6. The van der Waals surface area contributed by atoms with Gasteiger partial charge in [0.15, 0.2) is 0 Å². The van der Waals surface area contributed by atoms with Crippen LogP contribution in [0.3, 0.4) is 0 Å². The van der Waals surface area contributed by atoms with Gasteiger partial charge in [-0.15, -0.1) is 0 Å². The summed E-state index contributed by atoms with van der Waals surface area (Å²) in [5.74, 6) is 0.561. The lowest BCUT2D eigenvalue weighted by Gasteiger charge is -2.71. The third-order valence-corrected chi connectivity index (χ3v) is 15.1. The first-order valence-electron chi connectivity index (χ1n) is 17.3. The van der Waals surface area contributed by atoms with Gasteiger partial charge in [-0.3, -0.25) is 4.79 Å². The molecule has 5 aliphatic carbocycles. The van der Waals surface area contributed by atoms with Crippen molar-refractivity contribution in [2.45, 2.75) is 149 Å². The van der Waals surface area contributed by atoms with E-state index in [1.54, 1.807) is 0 Å². The number of hydrogen-bond donors (Lipinski definition) is 5. The Morgan fingerprint density at radius 2 is 1.55 bits per heavy atom. The summed E-state index contributed by atoms with van der Waals surface area (Å²) >= 11 is 0. The van der Waals surface area contributed by atoms with E-state index in [2.05, 4.69) is 54.5 Å². The molecule has 0 aromatic carbocycles. The highest BCUT2D eigenvalue weighted by molar-refractivity contribution is 5.79. The lowest BCUT2D eigenvalue weighted by Crippen LogP contribution is -2.65. The molecule has 8 heteroatoms. The van der Waals surface area contributed by atoms with Crippen molar-refractivity contribution in [2.24, 2.45) is 50.2 Å². The number of carbonyl (C=O) groups excluding carboxylic acids is 1. The number of hydrogen-bond acceptors (Lipinski definition) is 8. The minimum absolute atomic E-state index is 0.00434. The van der Waals surface area contributed by atoms with Crippen molar-refractivity contribution in [2.75, 3.05) is 6.61 Å². The number of aliphatic hydroxyl groups excluding tert-OH is 5. The number of ether oxygens (including phenoxy) is 2. The van der Waals surface area contributed by atoms with E-state index in [1.807, 2.05) is 0 Å². The first kappa shape index (κ1) is 32.9. The maximum Gasteiger partial charge on any atom is 0.315 e. The molecule has 0 radical (unpaired) electrons. The SMILES string of the molecule is CC1(C)CCC2(C(=O)OC3OC(CO)C(O)C(O)C3O)CCC3(C)C(=CCC4C5(C)CCC(O)C(C)(C)C5CCC43C)C2C1. The van der Waals surface area contributed by atoms with E-state index < -0.39 is 48.7 Å². The second kappa shape index (κ2) is 10.5. The Bertz CT molecular complexity index is 1180. The molecule has 5 fully saturated rings. The van der Waals surface area contributed by atoms with Crippen molar-refractivity contribution in [3.05, 3.63) is 11.6 Å². The van der Waals surface area contributed by atoms with Gasteiger partial charge in [-0.1, -0.05) is 60.1 Å². The molecule has 6 aliphatic rings. The first-order valence-corrected chi connectivity index (χ1v) is 17.3. The van der Waals surface area contributed by atoms with Gasteiger partial charge in [0.1, 0.15) is 24.4 Å². The Kier molecular flexibility index (Phi) is 7.84. The normalized spacial score (nSPS) is 52.8. The monoisotopic (exact) mass is 618 g/mol. The van der Waals surface area contributed by atoms with Crippen LogP contribution in [0.1, 0.15) is 113 Å². The molecule has 4 saturated carbocycles. The van der Waals surface area contributed by atoms with E-state index in [0.29, 0.717) is 24.7 Å². The van der Waals surface area contributed by atoms with Gasteiger partial charge < -0.3 is 35.0 Å². The Hall–Kier alpha value is -1.03. The van der Waals surface area contributed by atoms with Gasteiger partial charge in [-0.25, -0.2) is 0 Å². The molecule has 44 heavy (non-hydrogen) atoms. The van der Waals surface area contributed by atoms with Gasteiger partial charge in [-0.2, -0.15) is 0 Å². The smallest absolute Gasteiger partial charge is 0.315 e.